The molecule has 0 aliphatic carbocycles. The molecule has 1 N–H and O–H groups in total. The van der Waals surface area contributed by atoms with Gasteiger partial charge in [-0.1, -0.05) is 18.2 Å². The summed E-state index contributed by atoms with van der Waals surface area (Å²) in [7, 11) is 0. The minimum atomic E-state index is -0.129. The van der Waals surface area contributed by atoms with E-state index in [1.165, 1.54) is 0 Å². The number of hydrogen-bond acceptors (Lipinski definition) is 4. The highest BCUT2D eigenvalue weighted by Crippen LogP contribution is 2.25. The molecule has 0 saturated carbocycles. The maximum absolute atomic E-state index is 12.8. The quantitative estimate of drug-likeness (QED) is 0.507. The highest BCUT2D eigenvalue weighted by Gasteiger charge is 2.16. The van der Waals surface area contributed by atoms with Gasteiger partial charge in [0.1, 0.15) is 18.6 Å². The summed E-state index contributed by atoms with van der Waals surface area (Å²) in [6.07, 6.45) is 4.98. The van der Waals surface area contributed by atoms with Gasteiger partial charge in [0.05, 0.1) is 28.4 Å². The van der Waals surface area contributed by atoms with Gasteiger partial charge in [0, 0.05) is 17.3 Å². The second-order valence-electron chi connectivity index (χ2n) is 6.48. The maximum atomic E-state index is 12.8. The summed E-state index contributed by atoms with van der Waals surface area (Å²) in [5, 5.41) is 3.95. The van der Waals surface area contributed by atoms with Gasteiger partial charge >= 0.3 is 0 Å². The minimum absolute atomic E-state index is 0.129. The summed E-state index contributed by atoms with van der Waals surface area (Å²) in [5.74, 6) is 0.573. The van der Waals surface area contributed by atoms with E-state index in [0.717, 1.165) is 33.2 Å². The number of imidazole rings is 1. The monoisotopic (exact) mass is 368 g/mol. The van der Waals surface area contributed by atoms with Gasteiger partial charge in [0.25, 0.3) is 0 Å². The lowest BCUT2D eigenvalue weighted by Gasteiger charge is -2.10. The molecule has 0 bridgehead atoms. The van der Waals surface area contributed by atoms with E-state index in [1.807, 2.05) is 65.2 Å². The number of nitrogens with one attached hydrogen (secondary N) is 1. The molecule has 3 heterocycles. The third kappa shape index (κ3) is 2.91. The van der Waals surface area contributed by atoms with Crippen molar-refractivity contribution in [2.75, 3.05) is 5.32 Å². The Kier molecular flexibility index (Phi) is 3.87. The molecule has 6 heteroatoms. The number of hydrogen-bond donors (Lipinski definition) is 1. The molecule has 0 aliphatic heterocycles. The van der Waals surface area contributed by atoms with Crippen molar-refractivity contribution in [3.05, 3.63) is 79.4 Å². The number of carbonyl (C=O) groups excluding carboxylic acids is 1. The number of benzene rings is 2. The molecule has 3 aromatic heterocycles. The molecule has 0 spiro atoms. The van der Waals surface area contributed by atoms with E-state index < -0.39 is 0 Å². The number of aromatic nitrogens is 3. The van der Waals surface area contributed by atoms with Gasteiger partial charge in [-0.15, -0.1) is 0 Å². The molecule has 136 valence electrons. The minimum Gasteiger partial charge on any atom is -0.472 e. The number of furan rings is 1. The standard InChI is InChI=1S/C22H16N4O2/c27-21(24-17-7-8-18-15(12-17)4-3-10-23-18)13-26-20-6-2-1-5-19(20)25-22(26)16-9-11-28-14-16/h1-12,14H,13H2,(H,24,27). The number of anilines is 1. The molecule has 0 radical (unpaired) electrons. The van der Waals surface area contributed by atoms with Crippen LogP contribution in [0.2, 0.25) is 0 Å². The number of nitrogens with zero attached hydrogens (tertiary/aromatic N) is 3. The molecule has 5 rings (SSSR count). The molecule has 1 amide bonds. The van der Waals surface area contributed by atoms with E-state index in [2.05, 4.69) is 15.3 Å². The van der Waals surface area contributed by atoms with Crippen LogP contribution in [0, 0.1) is 0 Å². The summed E-state index contributed by atoms with van der Waals surface area (Å²) in [6, 6.07) is 19.1. The molecule has 2 aromatic carbocycles. The number of fused-ring (bicyclic) bond motifs is 2. The Bertz CT molecular complexity index is 1290. The third-order valence-electron chi connectivity index (χ3n) is 4.62. The predicted molar refractivity (Wildman–Crippen MR) is 108 cm³/mol. The summed E-state index contributed by atoms with van der Waals surface area (Å²) >= 11 is 0. The summed E-state index contributed by atoms with van der Waals surface area (Å²) < 4.78 is 7.10. The van der Waals surface area contributed by atoms with Crippen molar-refractivity contribution in [3.8, 4) is 11.4 Å². The van der Waals surface area contributed by atoms with Crippen molar-refractivity contribution in [1.29, 1.82) is 0 Å². The van der Waals surface area contributed by atoms with Crippen LogP contribution >= 0.6 is 0 Å². The average Bonchev–Trinajstić information content (AvgIpc) is 3.36. The van der Waals surface area contributed by atoms with Crippen LogP contribution in [0.1, 0.15) is 0 Å². The molecular formula is C22H16N4O2. The Morgan fingerprint density at radius 2 is 1.96 bits per heavy atom. The average molecular weight is 368 g/mol. The Morgan fingerprint density at radius 1 is 1.04 bits per heavy atom. The maximum Gasteiger partial charge on any atom is 0.244 e. The van der Waals surface area contributed by atoms with E-state index in [9.17, 15) is 4.79 Å². The first-order valence-electron chi connectivity index (χ1n) is 8.90. The molecule has 0 saturated heterocycles. The molecule has 28 heavy (non-hydrogen) atoms. The van der Waals surface area contributed by atoms with Crippen molar-refractivity contribution < 1.29 is 9.21 Å². The van der Waals surface area contributed by atoms with E-state index in [4.69, 9.17) is 4.42 Å². The first-order chi connectivity index (χ1) is 13.8. The smallest absolute Gasteiger partial charge is 0.244 e. The SMILES string of the molecule is O=C(Cn1c(-c2ccoc2)nc2ccccc21)Nc1ccc2ncccc2c1. The van der Waals surface area contributed by atoms with E-state index >= 15 is 0 Å². The summed E-state index contributed by atoms with van der Waals surface area (Å²) in [5.41, 5.74) is 4.20. The zero-order valence-corrected chi connectivity index (χ0v) is 14.9. The Balaban J connectivity index is 1.47. The fraction of sp³-hybridized carbons (Fsp3) is 0.0455. The van der Waals surface area contributed by atoms with Gasteiger partial charge in [0.15, 0.2) is 0 Å². The lowest BCUT2D eigenvalue weighted by atomic mass is 10.2. The van der Waals surface area contributed by atoms with Crippen LogP contribution in [-0.2, 0) is 11.3 Å². The fourth-order valence-electron chi connectivity index (χ4n) is 3.35. The molecule has 0 aliphatic rings. The number of para-hydroxylation sites is 2. The van der Waals surface area contributed by atoms with Crippen LogP contribution in [0.25, 0.3) is 33.3 Å². The topological polar surface area (TPSA) is 73.0 Å². The Morgan fingerprint density at radius 3 is 2.86 bits per heavy atom. The van der Waals surface area contributed by atoms with Crippen molar-refractivity contribution >= 4 is 33.5 Å². The normalized spacial score (nSPS) is 11.1. The van der Waals surface area contributed by atoms with Crippen LogP contribution in [0.4, 0.5) is 5.69 Å². The van der Waals surface area contributed by atoms with Gasteiger partial charge in [-0.05, 0) is 42.5 Å². The van der Waals surface area contributed by atoms with Gasteiger partial charge in [-0.3, -0.25) is 9.78 Å². The number of rotatable bonds is 4. The number of carbonyl (C=O) groups is 1. The van der Waals surface area contributed by atoms with Crippen molar-refractivity contribution in [2.24, 2.45) is 0 Å². The fourth-order valence-corrected chi connectivity index (χ4v) is 3.35. The molecule has 6 nitrogen and oxygen atoms in total. The van der Waals surface area contributed by atoms with Crippen molar-refractivity contribution in [2.45, 2.75) is 6.54 Å². The van der Waals surface area contributed by atoms with Crippen molar-refractivity contribution in [3.63, 3.8) is 0 Å². The molecular weight excluding hydrogens is 352 g/mol. The van der Waals surface area contributed by atoms with Gasteiger partial charge in [-0.2, -0.15) is 0 Å². The van der Waals surface area contributed by atoms with Gasteiger partial charge < -0.3 is 14.3 Å². The predicted octanol–water partition coefficient (Wildman–Crippen LogP) is 4.48. The number of pyridine rings is 1. The largest absolute Gasteiger partial charge is 0.472 e. The lowest BCUT2D eigenvalue weighted by Crippen LogP contribution is -2.19. The molecule has 0 atom stereocenters. The highest BCUT2D eigenvalue weighted by molar-refractivity contribution is 5.94. The van der Waals surface area contributed by atoms with Crippen molar-refractivity contribution in [1.82, 2.24) is 14.5 Å². The lowest BCUT2D eigenvalue weighted by molar-refractivity contribution is -0.116. The van der Waals surface area contributed by atoms with Crippen LogP contribution in [-0.4, -0.2) is 20.4 Å². The molecule has 0 fully saturated rings. The van der Waals surface area contributed by atoms with Gasteiger partial charge in [-0.25, -0.2) is 4.98 Å². The van der Waals surface area contributed by atoms with Gasteiger partial charge in [0.2, 0.25) is 5.91 Å². The van der Waals surface area contributed by atoms with Crippen LogP contribution < -0.4 is 5.32 Å². The molecule has 5 aromatic rings. The zero-order valence-electron chi connectivity index (χ0n) is 14.9. The molecule has 0 unspecified atom stereocenters. The first kappa shape index (κ1) is 16.3. The number of amides is 1. The zero-order chi connectivity index (χ0) is 18.9. The second-order valence-corrected chi connectivity index (χ2v) is 6.48. The van der Waals surface area contributed by atoms with Crippen LogP contribution in [0.3, 0.4) is 0 Å². The van der Waals surface area contributed by atoms with Crippen LogP contribution in [0.5, 0.6) is 0 Å². The third-order valence-corrected chi connectivity index (χ3v) is 4.62. The second kappa shape index (κ2) is 6.66. The Hall–Kier alpha value is -3.93. The van der Waals surface area contributed by atoms with Crippen LogP contribution in [0.15, 0.2) is 83.8 Å². The Labute approximate surface area is 160 Å². The van der Waals surface area contributed by atoms with E-state index in [-0.39, 0.29) is 12.5 Å². The summed E-state index contributed by atoms with van der Waals surface area (Å²) in [6.45, 7) is 0.145. The van der Waals surface area contributed by atoms with E-state index in [1.54, 1.807) is 18.7 Å². The van der Waals surface area contributed by atoms with E-state index in [0.29, 0.717) is 5.82 Å². The summed E-state index contributed by atoms with van der Waals surface area (Å²) in [4.78, 5) is 21.8. The first-order valence-corrected chi connectivity index (χ1v) is 8.90. The highest BCUT2D eigenvalue weighted by atomic mass is 16.3.